The van der Waals surface area contributed by atoms with E-state index in [9.17, 15) is 4.39 Å². The summed E-state index contributed by atoms with van der Waals surface area (Å²) in [6, 6.07) is 4.39. The van der Waals surface area contributed by atoms with E-state index >= 15 is 0 Å². The van der Waals surface area contributed by atoms with E-state index in [1.165, 1.54) is 12.1 Å². The molecule has 0 amide bonds. The van der Waals surface area contributed by atoms with Gasteiger partial charge in [-0.15, -0.1) is 6.58 Å². The van der Waals surface area contributed by atoms with Crippen LogP contribution in [0.3, 0.4) is 0 Å². The van der Waals surface area contributed by atoms with E-state index in [2.05, 4.69) is 11.7 Å². The van der Waals surface area contributed by atoms with E-state index < -0.39 is 0 Å². The molecule has 0 spiro atoms. The van der Waals surface area contributed by atoms with Gasteiger partial charge in [-0.3, -0.25) is 0 Å². The largest absolute Gasteiger partial charge is 0.356 e. The highest BCUT2D eigenvalue weighted by molar-refractivity contribution is 5.79. The van der Waals surface area contributed by atoms with Crippen molar-refractivity contribution >= 4 is 11.0 Å². The molecular formula is C10H8FNO. The van der Waals surface area contributed by atoms with E-state index in [0.717, 1.165) is 11.1 Å². The number of hydrogen-bond acceptors (Lipinski definition) is 2. The first kappa shape index (κ1) is 7.98. The average Bonchev–Trinajstić information content (AvgIpc) is 2.49. The zero-order chi connectivity index (χ0) is 9.26. The number of nitrogens with zero attached hydrogens (tertiary/aromatic N) is 1. The highest BCUT2D eigenvalue weighted by Gasteiger charge is 2.06. The molecule has 1 aromatic carbocycles. The molecule has 1 aromatic heterocycles. The maximum atomic E-state index is 12.7. The Kier molecular flexibility index (Phi) is 1.85. The van der Waals surface area contributed by atoms with Crippen molar-refractivity contribution in [1.82, 2.24) is 5.16 Å². The van der Waals surface area contributed by atoms with Gasteiger partial charge in [0.2, 0.25) is 0 Å². The average molecular weight is 177 g/mol. The number of fused-ring (bicyclic) bond motifs is 1. The summed E-state index contributed by atoms with van der Waals surface area (Å²) in [4.78, 5) is 0. The molecule has 0 saturated heterocycles. The Balaban J connectivity index is 2.61. The van der Waals surface area contributed by atoms with Crippen LogP contribution >= 0.6 is 0 Å². The Labute approximate surface area is 74.6 Å². The van der Waals surface area contributed by atoms with Crippen LogP contribution in [0.4, 0.5) is 4.39 Å². The third-order valence-corrected chi connectivity index (χ3v) is 1.85. The monoisotopic (exact) mass is 177 g/mol. The first-order valence-corrected chi connectivity index (χ1v) is 3.96. The van der Waals surface area contributed by atoms with Crippen molar-refractivity contribution in [2.45, 2.75) is 6.42 Å². The van der Waals surface area contributed by atoms with Crippen LogP contribution in [0.5, 0.6) is 0 Å². The van der Waals surface area contributed by atoms with E-state index in [1.54, 1.807) is 12.1 Å². The molecule has 0 atom stereocenters. The van der Waals surface area contributed by atoms with Gasteiger partial charge in [0.15, 0.2) is 5.58 Å². The molecule has 0 aliphatic heterocycles. The predicted molar refractivity (Wildman–Crippen MR) is 47.9 cm³/mol. The number of allylic oxidation sites excluding steroid dienone is 1. The lowest BCUT2D eigenvalue weighted by Gasteiger charge is -1.89. The van der Waals surface area contributed by atoms with Crippen LogP contribution in [0.2, 0.25) is 0 Å². The number of rotatable bonds is 2. The molecule has 0 aliphatic rings. The fourth-order valence-corrected chi connectivity index (χ4v) is 1.25. The minimum absolute atomic E-state index is 0.311. The molecule has 0 radical (unpaired) electrons. The molecule has 0 bridgehead atoms. The van der Waals surface area contributed by atoms with Crippen molar-refractivity contribution in [2.75, 3.05) is 0 Å². The predicted octanol–water partition coefficient (Wildman–Crippen LogP) is 2.70. The summed E-state index contributed by atoms with van der Waals surface area (Å²) in [5.41, 5.74) is 1.28. The summed E-state index contributed by atoms with van der Waals surface area (Å²) >= 11 is 0. The van der Waals surface area contributed by atoms with Crippen molar-refractivity contribution in [3.8, 4) is 0 Å². The molecule has 66 valence electrons. The van der Waals surface area contributed by atoms with Gasteiger partial charge < -0.3 is 4.52 Å². The van der Waals surface area contributed by atoms with Crippen molar-refractivity contribution < 1.29 is 8.91 Å². The topological polar surface area (TPSA) is 26.0 Å². The van der Waals surface area contributed by atoms with Crippen LogP contribution in [-0.4, -0.2) is 5.16 Å². The molecule has 2 rings (SSSR count). The van der Waals surface area contributed by atoms with Crippen molar-refractivity contribution in [1.29, 1.82) is 0 Å². The molecule has 0 N–H and O–H groups in total. The minimum atomic E-state index is -0.311. The van der Waals surface area contributed by atoms with Crippen LogP contribution in [0.25, 0.3) is 11.0 Å². The number of benzene rings is 1. The molecule has 2 aromatic rings. The summed E-state index contributed by atoms with van der Waals surface area (Å²) in [5.74, 6) is -0.311. The molecular weight excluding hydrogens is 169 g/mol. The van der Waals surface area contributed by atoms with Gasteiger partial charge >= 0.3 is 0 Å². The van der Waals surface area contributed by atoms with E-state index in [-0.39, 0.29) is 5.82 Å². The number of halogens is 1. The Hall–Kier alpha value is -1.64. The van der Waals surface area contributed by atoms with Crippen LogP contribution in [0, 0.1) is 5.82 Å². The minimum Gasteiger partial charge on any atom is -0.356 e. The molecule has 13 heavy (non-hydrogen) atoms. The maximum absolute atomic E-state index is 12.7. The zero-order valence-corrected chi connectivity index (χ0v) is 6.96. The normalized spacial score (nSPS) is 10.5. The molecule has 1 heterocycles. The fraction of sp³-hybridized carbons (Fsp3) is 0.100. The van der Waals surface area contributed by atoms with Gasteiger partial charge in [-0.2, -0.15) is 0 Å². The Morgan fingerprint density at radius 3 is 3.15 bits per heavy atom. The van der Waals surface area contributed by atoms with Gasteiger partial charge in [0, 0.05) is 17.9 Å². The van der Waals surface area contributed by atoms with E-state index in [0.29, 0.717) is 12.0 Å². The summed E-state index contributed by atoms with van der Waals surface area (Å²) in [7, 11) is 0. The quantitative estimate of drug-likeness (QED) is 0.659. The zero-order valence-electron chi connectivity index (χ0n) is 6.96. The second-order valence-corrected chi connectivity index (χ2v) is 2.76. The molecule has 0 aliphatic carbocycles. The molecule has 3 heteroatoms. The Morgan fingerprint density at radius 2 is 2.38 bits per heavy atom. The van der Waals surface area contributed by atoms with Gasteiger partial charge in [0.25, 0.3) is 0 Å². The second-order valence-electron chi connectivity index (χ2n) is 2.76. The van der Waals surface area contributed by atoms with E-state index in [1.807, 2.05) is 0 Å². The second kappa shape index (κ2) is 3.01. The Morgan fingerprint density at radius 1 is 1.54 bits per heavy atom. The molecule has 0 fully saturated rings. The lowest BCUT2D eigenvalue weighted by atomic mass is 10.2. The third kappa shape index (κ3) is 1.33. The highest BCUT2D eigenvalue weighted by Crippen LogP contribution is 2.19. The van der Waals surface area contributed by atoms with Crippen molar-refractivity contribution in [3.05, 3.63) is 42.4 Å². The van der Waals surface area contributed by atoms with Crippen molar-refractivity contribution in [2.24, 2.45) is 0 Å². The molecule has 2 nitrogen and oxygen atoms in total. The lowest BCUT2D eigenvalue weighted by molar-refractivity contribution is 0.447. The van der Waals surface area contributed by atoms with E-state index in [4.69, 9.17) is 4.52 Å². The van der Waals surface area contributed by atoms with Crippen LogP contribution in [0.15, 0.2) is 35.4 Å². The van der Waals surface area contributed by atoms with Gasteiger partial charge in [-0.05, 0) is 12.1 Å². The first-order valence-electron chi connectivity index (χ1n) is 3.96. The Bertz CT molecular complexity index is 447. The number of aromatic nitrogens is 1. The first-order chi connectivity index (χ1) is 6.31. The smallest absolute Gasteiger partial charge is 0.170 e. The van der Waals surface area contributed by atoms with Gasteiger partial charge in [0.1, 0.15) is 5.82 Å². The third-order valence-electron chi connectivity index (χ3n) is 1.85. The SMILES string of the molecule is C=CCc1noc2cc(F)ccc12. The summed E-state index contributed by atoms with van der Waals surface area (Å²) < 4.78 is 17.7. The molecule has 0 unspecified atom stereocenters. The van der Waals surface area contributed by atoms with Crippen LogP contribution in [0.1, 0.15) is 5.69 Å². The summed E-state index contributed by atoms with van der Waals surface area (Å²) in [5, 5.41) is 4.66. The fourth-order valence-electron chi connectivity index (χ4n) is 1.25. The van der Waals surface area contributed by atoms with Crippen LogP contribution < -0.4 is 0 Å². The standard InChI is InChI=1S/C10H8FNO/c1-2-3-9-8-5-4-7(11)6-10(8)13-12-9/h2,4-6H,1,3H2. The van der Waals surface area contributed by atoms with Gasteiger partial charge in [0.05, 0.1) is 5.69 Å². The van der Waals surface area contributed by atoms with Crippen molar-refractivity contribution in [3.63, 3.8) is 0 Å². The number of hydrogen-bond donors (Lipinski definition) is 0. The highest BCUT2D eigenvalue weighted by atomic mass is 19.1. The lowest BCUT2D eigenvalue weighted by Crippen LogP contribution is -1.80. The maximum Gasteiger partial charge on any atom is 0.170 e. The van der Waals surface area contributed by atoms with Gasteiger partial charge in [-0.25, -0.2) is 4.39 Å². The van der Waals surface area contributed by atoms with Crippen LogP contribution in [-0.2, 0) is 6.42 Å². The summed E-state index contributed by atoms with van der Waals surface area (Å²) in [6.45, 7) is 3.60. The van der Waals surface area contributed by atoms with Gasteiger partial charge in [-0.1, -0.05) is 11.2 Å². The molecule has 0 saturated carbocycles. The summed E-state index contributed by atoms with van der Waals surface area (Å²) in [6.07, 6.45) is 2.37.